The first-order chi connectivity index (χ1) is 14.8. The topological polar surface area (TPSA) is 106 Å². The summed E-state index contributed by atoms with van der Waals surface area (Å²) in [6, 6.07) is 17.3. The number of rotatable bonds is 7. The Morgan fingerprint density at radius 3 is 2.48 bits per heavy atom. The van der Waals surface area contributed by atoms with Crippen LogP contribution in [0.1, 0.15) is 10.4 Å². The first-order valence-electron chi connectivity index (χ1n) is 9.00. The van der Waals surface area contributed by atoms with Gasteiger partial charge in [-0.2, -0.15) is 0 Å². The smallest absolute Gasteiger partial charge is 0.340 e. The zero-order valence-electron chi connectivity index (χ0n) is 16.4. The van der Waals surface area contributed by atoms with Crippen LogP contribution in [0.4, 0.5) is 11.4 Å². The van der Waals surface area contributed by atoms with Crippen LogP contribution in [-0.4, -0.2) is 38.9 Å². The third kappa shape index (κ3) is 5.59. The maximum absolute atomic E-state index is 12.9. The van der Waals surface area contributed by atoms with Crippen LogP contribution in [0, 0.1) is 0 Å². The number of anilines is 2. The Bertz CT molecular complexity index is 1190. The molecule has 1 heterocycles. The highest BCUT2D eigenvalue weighted by molar-refractivity contribution is 7.92. The predicted octanol–water partition coefficient (Wildman–Crippen LogP) is 3.36. The van der Waals surface area contributed by atoms with Gasteiger partial charge in [0.25, 0.3) is 15.9 Å². The van der Waals surface area contributed by atoms with Crippen molar-refractivity contribution in [2.24, 2.45) is 0 Å². The molecule has 1 amide bonds. The summed E-state index contributed by atoms with van der Waals surface area (Å²) < 4.78 is 31.9. The van der Waals surface area contributed by atoms with Gasteiger partial charge in [0, 0.05) is 18.9 Å². The number of pyridine rings is 1. The van der Waals surface area contributed by atoms with Crippen LogP contribution in [0.5, 0.6) is 0 Å². The monoisotopic (exact) mass is 459 g/mol. The van der Waals surface area contributed by atoms with E-state index in [9.17, 15) is 18.0 Å². The number of hydrogen-bond donors (Lipinski definition) is 1. The van der Waals surface area contributed by atoms with Gasteiger partial charge in [0.15, 0.2) is 6.61 Å². The van der Waals surface area contributed by atoms with Crippen LogP contribution in [0.25, 0.3) is 0 Å². The minimum absolute atomic E-state index is 0.000821. The van der Waals surface area contributed by atoms with E-state index in [0.717, 1.165) is 4.31 Å². The fourth-order valence-electron chi connectivity index (χ4n) is 2.58. The number of ether oxygens (including phenoxy) is 1. The summed E-state index contributed by atoms with van der Waals surface area (Å²) in [5.41, 5.74) is 0.895. The highest BCUT2D eigenvalue weighted by Gasteiger charge is 2.21. The molecule has 0 unspecified atom stereocenters. The van der Waals surface area contributed by atoms with Crippen LogP contribution < -0.4 is 9.62 Å². The summed E-state index contributed by atoms with van der Waals surface area (Å²) in [4.78, 5) is 27.8. The van der Waals surface area contributed by atoms with E-state index in [1.54, 1.807) is 30.3 Å². The van der Waals surface area contributed by atoms with Gasteiger partial charge in [-0.3, -0.25) is 9.10 Å². The summed E-state index contributed by atoms with van der Waals surface area (Å²) in [7, 11) is -2.39. The minimum Gasteiger partial charge on any atom is -0.452 e. The Morgan fingerprint density at radius 2 is 1.81 bits per heavy atom. The molecule has 0 spiro atoms. The second kappa shape index (κ2) is 9.59. The SMILES string of the molecule is CN(c1ccccc1)S(=O)(=O)c1cccc(NC(=O)COC(=O)c2ccc(Cl)nc2)c1. The number of para-hydroxylation sites is 1. The van der Waals surface area contributed by atoms with Crippen molar-refractivity contribution in [3.8, 4) is 0 Å². The molecule has 160 valence electrons. The number of aromatic nitrogens is 1. The molecule has 0 aliphatic rings. The largest absolute Gasteiger partial charge is 0.452 e. The first kappa shape index (κ1) is 22.3. The number of benzene rings is 2. The molecule has 3 aromatic rings. The average Bonchev–Trinajstić information content (AvgIpc) is 2.78. The molecule has 0 saturated carbocycles. The summed E-state index contributed by atoms with van der Waals surface area (Å²) in [6.45, 7) is -0.553. The number of nitrogens with zero attached hydrogens (tertiary/aromatic N) is 2. The van der Waals surface area contributed by atoms with Gasteiger partial charge < -0.3 is 10.1 Å². The molecule has 2 aromatic carbocycles. The predicted molar refractivity (Wildman–Crippen MR) is 117 cm³/mol. The zero-order valence-corrected chi connectivity index (χ0v) is 17.9. The maximum atomic E-state index is 12.9. The lowest BCUT2D eigenvalue weighted by Gasteiger charge is -2.19. The standard InChI is InChI=1S/C21H18ClN3O5S/c1-25(17-7-3-2-4-8-17)31(28,29)18-9-5-6-16(12-18)24-20(26)14-30-21(27)15-10-11-19(22)23-13-15/h2-13H,14H2,1H3,(H,24,26). The summed E-state index contributed by atoms with van der Waals surface area (Å²) in [5, 5.41) is 2.74. The van der Waals surface area contributed by atoms with E-state index in [0.29, 0.717) is 5.69 Å². The average molecular weight is 460 g/mol. The molecule has 0 atom stereocenters. The molecule has 0 radical (unpaired) electrons. The van der Waals surface area contributed by atoms with Gasteiger partial charge in [-0.05, 0) is 42.5 Å². The number of nitrogens with one attached hydrogen (secondary N) is 1. The van der Waals surface area contributed by atoms with Gasteiger partial charge in [0.2, 0.25) is 0 Å². The van der Waals surface area contributed by atoms with Gasteiger partial charge in [0.05, 0.1) is 16.1 Å². The summed E-state index contributed by atoms with van der Waals surface area (Å²) in [6.07, 6.45) is 1.24. The van der Waals surface area contributed by atoms with Crippen LogP contribution in [0.2, 0.25) is 5.15 Å². The van der Waals surface area contributed by atoms with E-state index in [1.165, 1.54) is 49.6 Å². The molecule has 1 N–H and O–H groups in total. The molecular formula is C21H18ClN3O5S. The van der Waals surface area contributed by atoms with Gasteiger partial charge in [-0.15, -0.1) is 0 Å². The summed E-state index contributed by atoms with van der Waals surface area (Å²) in [5.74, 6) is -1.36. The quantitative estimate of drug-likeness (QED) is 0.429. The molecule has 0 fully saturated rings. The van der Waals surface area contributed by atoms with Crippen LogP contribution in [0.15, 0.2) is 77.8 Å². The highest BCUT2D eigenvalue weighted by atomic mass is 35.5. The van der Waals surface area contributed by atoms with E-state index in [1.807, 2.05) is 0 Å². The highest BCUT2D eigenvalue weighted by Crippen LogP contribution is 2.23. The Kier molecular flexibility index (Phi) is 6.88. The Balaban J connectivity index is 1.65. The molecule has 0 aliphatic heterocycles. The van der Waals surface area contributed by atoms with Crippen molar-refractivity contribution in [3.05, 3.63) is 83.6 Å². The van der Waals surface area contributed by atoms with Crippen LogP contribution in [-0.2, 0) is 19.6 Å². The molecule has 3 rings (SSSR count). The zero-order chi connectivity index (χ0) is 22.4. The lowest BCUT2D eigenvalue weighted by Crippen LogP contribution is -2.26. The summed E-state index contributed by atoms with van der Waals surface area (Å²) >= 11 is 5.66. The maximum Gasteiger partial charge on any atom is 0.340 e. The van der Waals surface area contributed by atoms with Crippen molar-refractivity contribution >= 4 is 44.9 Å². The van der Waals surface area contributed by atoms with Gasteiger partial charge in [-0.1, -0.05) is 35.9 Å². The van der Waals surface area contributed by atoms with E-state index in [4.69, 9.17) is 16.3 Å². The number of amides is 1. The fraction of sp³-hybridized carbons (Fsp3) is 0.0952. The van der Waals surface area contributed by atoms with E-state index >= 15 is 0 Å². The van der Waals surface area contributed by atoms with Gasteiger partial charge >= 0.3 is 5.97 Å². The fourth-order valence-corrected chi connectivity index (χ4v) is 3.93. The number of halogens is 1. The van der Waals surface area contributed by atoms with Crippen molar-refractivity contribution in [1.82, 2.24) is 4.98 Å². The first-order valence-corrected chi connectivity index (χ1v) is 10.8. The van der Waals surface area contributed by atoms with Gasteiger partial charge in [0.1, 0.15) is 5.15 Å². The molecule has 31 heavy (non-hydrogen) atoms. The van der Waals surface area contributed by atoms with Crippen LogP contribution >= 0.6 is 11.6 Å². The van der Waals surface area contributed by atoms with Crippen molar-refractivity contribution in [3.63, 3.8) is 0 Å². The Hall–Kier alpha value is -3.43. The second-order valence-electron chi connectivity index (χ2n) is 6.33. The lowest BCUT2D eigenvalue weighted by atomic mass is 10.3. The molecule has 0 bridgehead atoms. The van der Waals surface area contributed by atoms with E-state index in [-0.39, 0.29) is 21.3 Å². The van der Waals surface area contributed by atoms with Crippen molar-refractivity contribution in [2.45, 2.75) is 4.90 Å². The molecule has 10 heteroatoms. The molecule has 0 aliphatic carbocycles. The molecule has 8 nitrogen and oxygen atoms in total. The van der Waals surface area contributed by atoms with Crippen molar-refractivity contribution < 1.29 is 22.7 Å². The Morgan fingerprint density at radius 1 is 1.06 bits per heavy atom. The van der Waals surface area contributed by atoms with E-state index in [2.05, 4.69) is 10.3 Å². The molecule has 1 aromatic heterocycles. The number of carbonyl (C=O) groups is 2. The second-order valence-corrected chi connectivity index (χ2v) is 8.69. The van der Waals surface area contributed by atoms with E-state index < -0.39 is 28.5 Å². The number of carbonyl (C=O) groups excluding carboxylic acids is 2. The van der Waals surface area contributed by atoms with Crippen LogP contribution in [0.3, 0.4) is 0 Å². The Labute approximate surface area is 184 Å². The van der Waals surface area contributed by atoms with Crippen molar-refractivity contribution in [2.75, 3.05) is 23.3 Å². The third-order valence-electron chi connectivity index (χ3n) is 4.19. The number of hydrogen-bond acceptors (Lipinski definition) is 6. The molecular weight excluding hydrogens is 442 g/mol. The van der Waals surface area contributed by atoms with Crippen molar-refractivity contribution in [1.29, 1.82) is 0 Å². The number of esters is 1. The minimum atomic E-state index is -3.84. The lowest BCUT2D eigenvalue weighted by molar-refractivity contribution is -0.119. The normalized spacial score (nSPS) is 10.9. The van der Waals surface area contributed by atoms with Gasteiger partial charge in [-0.25, -0.2) is 18.2 Å². The third-order valence-corrected chi connectivity index (χ3v) is 6.20. The number of sulfonamides is 1. The molecule has 0 saturated heterocycles.